The number of aliphatic hydroxyl groups excluding tert-OH is 1. The van der Waals surface area contributed by atoms with Gasteiger partial charge in [0.1, 0.15) is 5.76 Å². The molecular formula is C15H20O3. The summed E-state index contributed by atoms with van der Waals surface area (Å²) in [6.07, 6.45) is 7.23. The van der Waals surface area contributed by atoms with Gasteiger partial charge in [0.15, 0.2) is 5.76 Å². The van der Waals surface area contributed by atoms with Crippen LogP contribution in [0, 0.1) is 0 Å². The van der Waals surface area contributed by atoms with Crippen molar-refractivity contribution < 1.29 is 14.3 Å². The highest BCUT2D eigenvalue weighted by Crippen LogP contribution is 2.23. The molecule has 0 amide bonds. The number of hydrogen-bond donors (Lipinski definition) is 1. The molecule has 98 valence electrons. The van der Waals surface area contributed by atoms with Crippen molar-refractivity contribution in [2.75, 3.05) is 6.61 Å². The Balaban J connectivity index is 2.84. The second-order valence-corrected chi connectivity index (χ2v) is 3.78. The molecule has 3 nitrogen and oxygen atoms in total. The van der Waals surface area contributed by atoms with Crippen LogP contribution in [0.25, 0.3) is 5.57 Å². The molecule has 1 N–H and O–H groups in total. The molecule has 0 saturated heterocycles. The lowest BCUT2D eigenvalue weighted by Gasteiger charge is -2.07. The molecule has 0 aliphatic carbocycles. The molecule has 1 heterocycles. The fourth-order valence-electron chi connectivity index (χ4n) is 1.48. The summed E-state index contributed by atoms with van der Waals surface area (Å²) < 4.78 is 10.8. The molecule has 0 bridgehead atoms. The first-order valence-electron chi connectivity index (χ1n) is 6.08. The summed E-state index contributed by atoms with van der Waals surface area (Å²) in [6, 6.07) is 3.53. The number of furan rings is 1. The van der Waals surface area contributed by atoms with E-state index in [0.717, 1.165) is 12.0 Å². The van der Waals surface area contributed by atoms with Gasteiger partial charge in [-0.2, -0.15) is 0 Å². The Morgan fingerprint density at radius 3 is 2.94 bits per heavy atom. The van der Waals surface area contributed by atoms with E-state index in [1.54, 1.807) is 12.1 Å². The third-order valence-corrected chi connectivity index (χ3v) is 2.28. The molecule has 1 rings (SSSR count). The second kappa shape index (κ2) is 7.69. The Kier molecular flexibility index (Phi) is 6.19. The molecule has 0 radical (unpaired) electrons. The average molecular weight is 248 g/mol. The van der Waals surface area contributed by atoms with Crippen molar-refractivity contribution in [3.8, 4) is 0 Å². The molecular weight excluding hydrogens is 228 g/mol. The van der Waals surface area contributed by atoms with Crippen LogP contribution in [0.2, 0.25) is 0 Å². The molecule has 0 aliphatic heterocycles. The van der Waals surface area contributed by atoms with Crippen molar-refractivity contribution in [1.29, 1.82) is 0 Å². The molecule has 0 saturated carbocycles. The summed E-state index contributed by atoms with van der Waals surface area (Å²) in [6.45, 7) is 8.08. The van der Waals surface area contributed by atoms with Crippen molar-refractivity contribution in [3.05, 3.63) is 54.5 Å². The van der Waals surface area contributed by atoms with Gasteiger partial charge in [0.25, 0.3) is 0 Å². The number of aliphatic hydroxyl groups is 1. The predicted molar refractivity (Wildman–Crippen MR) is 72.9 cm³/mol. The van der Waals surface area contributed by atoms with E-state index in [1.165, 1.54) is 0 Å². The maximum atomic E-state index is 9.73. The van der Waals surface area contributed by atoms with Crippen LogP contribution in [0.5, 0.6) is 0 Å². The standard InChI is InChI=1S/C15H20O3/c1-4-7-12(8-5-2)13-9-10-14(18-13)15(16)17-11-6-3/h4-5,7-10,15-16H,1,6,11H2,2-3H3/b8-5-,12-7+. The summed E-state index contributed by atoms with van der Waals surface area (Å²) in [7, 11) is 0. The van der Waals surface area contributed by atoms with Crippen LogP contribution in [-0.2, 0) is 4.74 Å². The highest BCUT2D eigenvalue weighted by molar-refractivity contribution is 5.71. The zero-order valence-electron chi connectivity index (χ0n) is 10.9. The summed E-state index contributed by atoms with van der Waals surface area (Å²) in [5.41, 5.74) is 0.904. The van der Waals surface area contributed by atoms with Gasteiger partial charge in [0, 0.05) is 12.2 Å². The quantitative estimate of drug-likeness (QED) is 0.589. The van der Waals surface area contributed by atoms with Gasteiger partial charge in [0.2, 0.25) is 6.29 Å². The van der Waals surface area contributed by atoms with Gasteiger partial charge in [-0.1, -0.05) is 37.8 Å². The average Bonchev–Trinajstić information content (AvgIpc) is 2.85. The Labute approximate surface area is 108 Å². The first-order chi connectivity index (χ1) is 8.72. The van der Waals surface area contributed by atoms with Gasteiger partial charge in [0.05, 0.1) is 0 Å². The minimum Gasteiger partial charge on any atom is -0.456 e. The summed E-state index contributed by atoms with van der Waals surface area (Å²) >= 11 is 0. The van der Waals surface area contributed by atoms with Gasteiger partial charge >= 0.3 is 0 Å². The third-order valence-electron chi connectivity index (χ3n) is 2.28. The summed E-state index contributed by atoms with van der Waals surface area (Å²) in [5.74, 6) is 1.10. The molecule has 0 aliphatic rings. The van der Waals surface area contributed by atoms with E-state index < -0.39 is 6.29 Å². The lowest BCUT2D eigenvalue weighted by Crippen LogP contribution is -2.02. The molecule has 1 atom stereocenters. The van der Waals surface area contributed by atoms with E-state index in [2.05, 4.69) is 6.58 Å². The highest BCUT2D eigenvalue weighted by Gasteiger charge is 2.13. The lowest BCUT2D eigenvalue weighted by atomic mass is 10.2. The first kappa shape index (κ1) is 14.5. The summed E-state index contributed by atoms with van der Waals surface area (Å²) in [4.78, 5) is 0. The van der Waals surface area contributed by atoms with E-state index in [4.69, 9.17) is 9.15 Å². The minimum atomic E-state index is -1.01. The number of hydrogen-bond acceptors (Lipinski definition) is 3. The van der Waals surface area contributed by atoms with E-state index in [1.807, 2.05) is 38.1 Å². The first-order valence-corrected chi connectivity index (χ1v) is 6.08. The van der Waals surface area contributed by atoms with Crippen molar-refractivity contribution in [2.24, 2.45) is 0 Å². The highest BCUT2D eigenvalue weighted by atomic mass is 16.6. The van der Waals surface area contributed by atoms with E-state index in [-0.39, 0.29) is 0 Å². The number of allylic oxidation sites excluding steroid dienone is 5. The van der Waals surface area contributed by atoms with Gasteiger partial charge in [-0.05, 0) is 25.5 Å². The van der Waals surface area contributed by atoms with Gasteiger partial charge < -0.3 is 14.3 Å². The largest absolute Gasteiger partial charge is 0.456 e. The van der Waals surface area contributed by atoms with E-state index in [9.17, 15) is 5.11 Å². The SMILES string of the molecule is C=C/C=C(\C=C/C)c1ccc(C(O)OCCC)o1. The topological polar surface area (TPSA) is 42.6 Å². The fourth-order valence-corrected chi connectivity index (χ4v) is 1.48. The number of rotatable bonds is 7. The third kappa shape index (κ3) is 4.02. The van der Waals surface area contributed by atoms with Crippen LogP contribution < -0.4 is 0 Å². The Bertz CT molecular complexity index is 427. The Morgan fingerprint density at radius 1 is 1.56 bits per heavy atom. The van der Waals surface area contributed by atoms with Crippen LogP contribution in [0.15, 0.2) is 47.4 Å². The van der Waals surface area contributed by atoms with Crippen LogP contribution in [-0.4, -0.2) is 11.7 Å². The van der Waals surface area contributed by atoms with Crippen LogP contribution in [0.1, 0.15) is 38.1 Å². The maximum absolute atomic E-state index is 9.73. The van der Waals surface area contributed by atoms with E-state index >= 15 is 0 Å². The number of ether oxygens (including phenoxy) is 1. The Hall–Kier alpha value is -1.58. The molecule has 1 aromatic rings. The van der Waals surface area contributed by atoms with Crippen molar-refractivity contribution in [1.82, 2.24) is 0 Å². The zero-order chi connectivity index (χ0) is 13.4. The van der Waals surface area contributed by atoms with Gasteiger partial charge in [-0.3, -0.25) is 0 Å². The predicted octanol–water partition coefficient (Wildman–Crippen LogP) is 3.84. The Morgan fingerprint density at radius 2 is 2.33 bits per heavy atom. The van der Waals surface area contributed by atoms with Gasteiger partial charge in [-0.25, -0.2) is 0 Å². The lowest BCUT2D eigenvalue weighted by molar-refractivity contribution is -0.114. The van der Waals surface area contributed by atoms with Crippen LogP contribution in [0.4, 0.5) is 0 Å². The molecule has 0 aromatic carbocycles. The molecule has 3 heteroatoms. The van der Waals surface area contributed by atoms with E-state index in [0.29, 0.717) is 18.1 Å². The van der Waals surface area contributed by atoms with Gasteiger partial charge in [-0.15, -0.1) is 0 Å². The molecule has 1 unspecified atom stereocenters. The monoisotopic (exact) mass is 248 g/mol. The minimum absolute atomic E-state index is 0.415. The van der Waals surface area contributed by atoms with Crippen molar-refractivity contribution in [2.45, 2.75) is 26.6 Å². The van der Waals surface area contributed by atoms with Crippen molar-refractivity contribution >= 4 is 5.57 Å². The van der Waals surface area contributed by atoms with Crippen LogP contribution in [0.3, 0.4) is 0 Å². The zero-order valence-corrected chi connectivity index (χ0v) is 10.9. The maximum Gasteiger partial charge on any atom is 0.214 e. The fraction of sp³-hybridized carbons (Fsp3) is 0.333. The van der Waals surface area contributed by atoms with Crippen LogP contribution >= 0.6 is 0 Å². The smallest absolute Gasteiger partial charge is 0.214 e. The molecule has 1 aromatic heterocycles. The summed E-state index contributed by atoms with van der Waals surface area (Å²) in [5, 5.41) is 9.73. The van der Waals surface area contributed by atoms with Crippen molar-refractivity contribution in [3.63, 3.8) is 0 Å². The normalized spacial score (nSPS) is 14.1. The molecule has 0 fully saturated rings. The molecule has 0 spiro atoms. The second-order valence-electron chi connectivity index (χ2n) is 3.78. The molecule has 18 heavy (non-hydrogen) atoms.